The number of rotatable bonds is 4. The highest BCUT2D eigenvalue weighted by Gasteiger charge is 2.33. The maximum Gasteiger partial charge on any atom is 0.0702 e. The topological polar surface area (TPSA) is 32.7 Å². The zero-order chi connectivity index (χ0) is 13.1. The average Bonchev–Trinajstić information content (AvgIpc) is 2.78. The molecule has 0 amide bonds. The van der Waals surface area contributed by atoms with E-state index in [1.54, 1.807) is 0 Å². The van der Waals surface area contributed by atoms with Crippen LogP contribution >= 0.6 is 0 Å². The number of likely N-dealkylation sites (N-methyl/N-ethyl adjacent to an activating group) is 1. The quantitative estimate of drug-likeness (QED) is 0.836. The van der Waals surface area contributed by atoms with Crippen molar-refractivity contribution in [3.05, 3.63) is 0 Å². The van der Waals surface area contributed by atoms with E-state index in [4.69, 9.17) is 4.74 Å². The van der Waals surface area contributed by atoms with E-state index in [0.717, 1.165) is 31.9 Å². The zero-order valence-corrected chi connectivity index (χ0v) is 12.1. The van der Waals surface area contributed by atoms with Crippen LogP contribution < -0.4 is 0 Å². The van der Waals surface area contributed by atoms with Crippen molar-refractivity contribution in [2.75, 3.05) is 20.2 Å². The Morgan fingerprint density at radius 2 is 2.06 bits per heavy atom. The van der Waals surface area contributed by atoms with Gasteiger partial charge in [0.1, 0.15) is 0 Å². The molecule has 1 aliphatic carbocycles. The van der Waals surface area contributed by atoms with Gasteiger partial charge in [0.15, 0.2) is 0 Å². The summed E-state index contributed by atoms with van der Waals surface area (Å²) in [7, 11) is 2.19. The fraction of sp³-hybridized carbons (Fsp3) is 1.00. The van der Waals surface area contributed by atoms with E-state index < -0.39 is 0 Å². The smallest absolute Gasteiger partial charge is 0.0702 e. The third-order valence-corrected chi connectivity index (χ3v) is 5.05. The molecule has 2 rings (SSSR count). The van der Waals surface area contributed by atoms with Gasteiger partial charge in [-0.1, -0.05) is 13.3 Å². The van der Waals surface area contributed by atoms with Crippen molar-refractivity contribution in [2.24, 2.45) is 11.8 Å². The first kappa shape index (κ1) is 14.3. The number of ether oxygens (including phenoxy) is 1. The molecule has 3 heteroatoms. The molecule has 0 radical (unpaired) electrons. The van der Waals surface area contributed by atoms with Crippen molar-refractivity contribution in [2.45, 2.75) is 64.2 Å². The lowest BCUT2D eigenvalue weighted by molar-refractivity contribution is 0.0147. The van der Waals surface area contributed by atoms with Crippen LogP contribution in [0.15, 0.2) is 0 Å². The molecule has 1 saturated carbocycles. The van der Waals surface area contributed by atoms with Gasteiger partial charge in [-0.05, 0) is 51.5 Å². The van der Waals surface area contributed by atoms with Crippen LogP contribution in [0.5, 0.6) is 0 Å². The minimum absolute atomic E-state index is 0.0899. The molecular formula is C15H29NO2. The summed E-state index contributed by atoms with van der Waals surface area (Å²) in [6, 6.07) is 0.541. The van der Waals surface area contributed by atoms with Crippen LogP contribution in [0.4, 0.5) is 0 Å². The molecule has 0 aromatic carbocycles. The van der Waals surface area contributed by atoms with Crippen molar-refractivity contribution in [1.29, 1.82) is 0 Å². The molecule has 1 heterocycles. The van der Waals surface area contributed by atoms with Crippen LogP contribution in [0.1, 0.15) is 46.0 Å². The summed E-state index contributed by atoms with van der Waals surface area (Å²) >= 11 is 0. The minimum atomic E-state index is -0.0899. The van der Waals surface area contributed by atoms with Gasteiger partial charge in [0.25, 0.3) is 0 Å². The first-order valence-electron chi connectivity index (χ1n) is 7.61. The van der Waals surface area contributed by atoms with Crippen LogP contribution in [0, 0.1) is 11.8 Å². The van der Waals surface area contributed by atoms with Gasteiger partial charge in [-0.2, -0.15) is 0 Å². The molecular weight excluding hydrogens is 226 g/mol. The molecule has 106 valence electrons. The maximum absolute atomic E-state index is 10.2. The number of nitrogens with zero attached hydrogens (tertiary/aromatic N) is 1. The molecule has 1 aliphatic heterocycles. The van der Waals surface area contributed by atoms with Gasteiger partial charge in [0.05, 0.1) is 12.2 Å². The fourth-order valence-corrected chi connectivity index (χ4v) is 3.72. The monoisotopic (exact) mass is 255 g/mol. The second-order valence-corrected chi connectivity index (χ2v) is 6.29. The Morgan fingerprint density at radius 3 is 2.67 bits per heavy atom. The molecule has 3 nitrogen and oxygen atoms in total. The summed E-state index contributed by atoms with van der Waals surface area (Å²) in [6.45, 7) is 6.35. The number of hydrogen-bond acceptors (Lipinski definition) is 3. The molecule has 5 atom stereocenters. The number of aliphatic hydroxyl groups excluding tert-OH is 1. The molecule has 0 aromatic heterocycles. The van der Waals surface area contributed by atoms with Crippen molar-refractivity contribution in [3.8, 4) is 0 Å². The van der Waals surface area contributed by atoms with Crippen molar-refractivity contribution in [1.82, 2.24) is 4.90 Å². The number of hydrogen-bond donors (Lipinski definition) is 1. The minimum Gasteiger partial charge on any atom is -0.393 e. The van der Waals surface area contributed by atoms with Crippen LogP contribution in [0.3, 0.4) is 0 Å². The van der Waals surface area contributed by atoms with Crippen molar-refractivity contribution < 1.29 is 9.84 Å². The summed E-state index contributed by atoms with van der Waals surface area (Å²) in [5, 5.41) is 10.2. The average molecular weight is 255 g/mol. The first-order valence-corrected chi connectivity index (χ1v) is 7.61. The summed E-state index contributed by atoms with van der Waals surface area (Å²) < 4.78 is 5.64. The summed E-state index contributed by atoms with van der Waals surface area (Å²) in [4.78, 5) is 2.42. The van der Waals surface area contributed by atoms with Gasteiger partial charge in [-0.15, -0.1) is 0 Å². The summed E-state index contributed by atoms with van der Waals surface area (Å²) in [5.74, 6) is 1.28. The van der Waals surface area contributed by atoms with Gasteiger partial charge < -0.3 is 14.7 Å². The lowest BCUT2D eigenvalue weighted by Crippen LogP contribution is -2.43. The Labute approximate surface area is 112 Å². The molecule has 0 bridgehead atoms. The second-order valence-electron chi connectivity index (χ2n) is 6.29. The molecule has 2 fully saturated rings. The molecule has 0 spiro atoms. The zero-order valence-electron chi connectivity index (χ0n) is 12.1. The van der Waals surface area contributed by atoms with Gasteiger partial charge in [-0.3, -0.25) is 0 Å². The van der Waals surface area contributed by atoms with E-state index in [1.807, 2.05) is 0 Å². The van der Waals surface area contributed by atoms with E-state index >= 15 is 0 Å². The molecule has 1 saturated heterocycles. The molecule has 1 N–H and O–H groups in total. The molecule has 18 heavy (non-hydrogen) atoms. The van der Waals surface area contributed by atoms with Gasteiger partial charge >= 0.3 is 0 Å². The summed E-state index contributed by atoms with van der Waals surface area (Å²) in [5.41, 5.74) is 0. The fourth-order valence-electron chi connectivity index (χ4n) is 3.72. The standard InChI is InChI=1S/C15H29NO2/c1-4-12-5-6-15(17)13(9-12)10-16(3)14-7-8-18-11(14)2/h11-15,17H,4-10H2,1-3H3. The Morgan fingerprint density at radius 1 is 1.28 bits per heavy atom. The molecule has 5 unspecified atom stereocenters. The summed E-state index contributed by atoms with van der Waals surface area (Å²) in [6.07, 6.45) is 6.05. The molecule has 2 aliphatic rings. The SMILES string of the molecule is CCC1CCC(O)C(CN(C)C2CCOC2C)C1. The Bertz CT molecular complexity index is 259. The highest BCUT2D eigenvalue weighted by Crippen LogP contribution is 2.32. The van der Waals surface area contributed by atoms with Crippen molar-refractivity contribution in [3.63, 3.8) is 0 Å². The van der Waals surface area contributed by atoms with E-state index in [9.17, 15) is 5.11 Å². The first-order chi connectivity index (χ1) is 8.61. The van der Waals surface area contributed by atoms with Crippen LogP contribution in [-0.4, -0.2) is 48.5 Å². The Balaban J connectivity index is 1.86. The highest BCUT2D eigenvalue weighted by molar-refractivity contribution is 4.86. The van der Waals surface area contributed by atoms with E-state index in [1.165, 1.54) is 19.3 Å². The van der Waals surface area contributed by atoms with Crippen molar-refractivity contribution >= 4 is 0 Å². The van der Waals surface area contributed by atoms with Crippen LogP contribution in [-0.2, 0) is 4.74 Å². The van der Waals surface area contributed by atoms with Gasteiger partial charge in [-0.25, -0.2) is 0 Å². The lowest BCUT2D eigenvalue weighted by atomic mass is 9.78. The van der Waals surface area contributed by atoms with E-state index in [0.29, 0.717) is 18.1 Å². The predicted octanol–water partition coefficient (Wildman–Crippen LogP) is 2.28. The maximum atomic E-state index is 10.2. The normalized spacial score (nSPS) is 41.5. The Kier molecular flexibility index (Phi) is 5.05. The van der Waals surface area contributed by atoms with E-state index in [-0.39, 0.29) is 6.10 Å². The largest absolute Gasteiger partial charge is 0.393 e. The van der Waals surface area contributed by atoms with Crippen LogP contribution in [0.25, 0.3) is 0 Å². The third-order valence-electron chi connectivity index (χ3n) is 5.05. The molecule has 0 aromatic rings. The number of aliphatic hydroxyl groups is 1. The Hall–Kier alpha value is -0.120. The highest BCUT2D eigenvalue weighted by atomic mass is 16.5. The van der Waals surface area contributed by atoms with Gasteiger partial charge in [0, 0.05) is 19.2 Å². The van der Waals surface area contributed by atoms with E-state index in [2.05, 4.69) is 25.8 Å². The third kappa shape index (κ3) is 3.25. The second kappa shape index (κ2) is 6.36. The predicted molar refractivity (Wildman–Crippen MR) is 73.6 cm³/mol. The van der Waals surface area contributed by atoms with Gasteiger partial charge in [0.2, 0.25) is 0 Å². The van der Waals surface area contributed by atoms with Crippen LogP contribution in [0.2, 0.25) is 0 Å². The lowest BCUT2D eigenvalue weighted by Gasteiger charge is -2.37.